The number of nitrogens with zero attached hydrogens (tertiary/aromatic N) is 5. The van der Waals surface area contributed by atoms with Gasteiger partial charge in [-0.2, -0.15) is 5.10 Å². The van der Waals surface area contributed by atoms with E-state index in [1.54, 1.807) is 25.3 Å². The molecule has 6 rings (SSSR count). The van der Waals surface area contributed by atoms with Crippen LogP contribution in [0.15, 0.2) is 94.5 Å². The fourth-order valence-electron chi connectivity index (χ4n) is 5.22. The maximum absolute atomic E-state index is 13.9. The third kappa shape index (κ3) is 6.58. The van der Waals surface area contributed by atoms with Crippen LogP contribution in [-0.2, 0) is 11.3 Å². The summed E-state index contributed by atoms with van der Waals surface area (Å²) in [4.78, 5) is 27.2. The van der Waals surface area contributed by atoms with Crippen molar-refractivity contribution in [2.75, 3.05) is 12.9 Å². The van der Waals surface area contributed by atoms with Gasteiger partial charge in [0.25, 0.3) is 11.8 Å². The molecular formula is C34H31FN6O3S2. The van der Waals surface area contributed by atoms with Gasteiger partial charge in [0.05, 0.1) is 41.7 Å². The summed E-state index contributed by atoms with van der Waals surface area (Å²) in [6.07, 6.45) is 0.473. The summed E-state index contributed by atoms with van der Waals surface area (Å²) in [6.45, 7) is 4.20. The molecular weight excluding hydrogens is 624 g/mol. The standard InChI is InChI=1S/C34H31FN6O3S2/c1-21-6-4-7-28(22(21)2)40-31(19-36-33(43)30-8-5-17-45-30)37-38-34(40)46-20-32(42)41-29(24-9-13-25(35)14-10-24)18-27(39-41)23-11-15-26(44-3)16-12-23/h4-17,29H,18-20H2,1-3H3,(H,36,43). The number of benzene rings is 3. The van der Waals surface area contributed by atoms with Gasteiger partial charge in [0.1, 0.15) is 11.6 Å². The van der Waals surface area contributed by atoms with Crippen molar-refractivity contribution in [3.8, 4) is 11.4 Å². The Kier molecular flexibility index (Phi) is 9.27. The van der Waals surface area contributed by atoms with Crippen LogP contribution in [0.25, 0.3) is 5.69 Å². The number of carbonyl (C=O) groups excluding carboxylic acids is 2. The summed E-state index contributed by atoms with van der Waals surface area (Å²) in [5.74, 6) is 0.521. The van der Waals surface area contributed by atoms with Crippen LogP contribution in [0.3, 0.4) is 0 Å². The molecule has 3 heterocycles. The number of nitrogens with one attached hydrogen (secondary N) is 1. The number of carbonyl (C=O) groups is 2. The number of halogens is 1. The fourth-order valence-corrected chi connectivity index (χ4v) is 6.67. The fraction of sp³-hybridized carbons (Fsp3) is 0.206. The lowest BCUT2D eigenvalue weighted by Gasteiger charge is -2.22. The molecule has 46 heavy (non-hydrogen) atoms. The maximum Gasteiger partial charge on any atom is 0.261 e. The van der Waals surface area contributed by atoms with Gasteiger partial charge in [-0.3, -0.25) is 14.2 Å². The highest BCUT2D eigenvalue weighted by atomic mass is 32.2. The van der Waals surface area contributed by atoms with Crippen LogP contribution in [0.4, 0.5) is 4.39 Å². The van der Waals surface area contributed by atoms with Crippen LogP contribution in [0.5, 0.6) is 5.75 Å². The topological polar surface area (TPSA) is 102 Å². The monoisotopic (exact) mass is 654 g/mol. The van der Waals surface area contributed by atoms with E-state index in [1.165, 1.54) is 40.2 Å². The smallest absolute Gasteiger partial charge is 0.261 e. The van der Waals surface area contributed by atoms with Gasteiger partial charge >= 0.3 is 0 Å². The zero-order valence-corrected chi connectivity index (χ0v) is 27.1. The van der Waals surface area contributed by atoms with Crippen molar-refractivity contribution in [2.45, 2.75) is 38.0 Å². The first-order chi connectivity index (χ1) is 22.3. The SMILES string of the molecule is COc1ccc(C2=NN(C(=O)CSc3nnc(CNC(=O)c4cccs4)n3-c3cccc(C)c3C)C(c3ccc(F)cc3)C2)cc1. The van der Waals surface area contributed by atoms with Gasteiger partial charge in [-0.05, 0) is 90.0 Å². The molecule has 1 unspecified atom stereocenters. The molecule has 0 fully saturated rings. The molecule has 0 saturated carbocycles. The summed E-state index contributed by atoms with van der Waals surface area (Å²) >= 11 is 2.61. The zero-order chi connectivity index (χ0) is 32.2. The second-order valence-corrected chi connectivity index (χ2v) is 12.6. The van der Waals surface area contributed by atoms with Crippen molar-refractivity contribution in [3.63, 3.8) is 0 Å². The molecule has 1 aliphatic rings. The van der Waals surface area contributed by atoms with Gasteiger partial charge in [-0.15, -0.1) is 21.5 Å². The highest BCUT2D eigenvalue weighted by molar-refractivity contribution is 7.99. The predicted molar refractivity (Wildman–Crippen MR) is 177 cm³/mol. The lowest BCUT2D eigenvalue weighted by molar-refractivity contribution is -0.130. The van der Waals surface area contributed by atoms with Crippen molar-refractivity contribution in [1.82, 2.24) is 25.1 Å². The normalized spacial score (nSPS) is 14.3. The number of thiophene rings is 1. The average molecular weight is 655 g/mol. The van der Waals surface area contributed by atoms with Gasteiger partial charge in [-0.1, -0.05) is 42.1 Å². The number of amides is 2. The minimum Gasteiger partial charge on any atom is -0.497 e. The zero-order valence-electron chi connectivity index (χ0n) is 25.4. The number of aryl methyl sites for hydroxylation is 1. The van der Waals surface area contributed by atoms with E-state index in [-0.39, 0.29) is 29.9 Å². The van der Waals surface area contributed by atoms with E-state index in [9.17, 15) is 14.0 Å². The van der Waals surface area contributed by atoms with E-state index in [0.717, 1.165) is 39.4 Å². The lowest BCUT2D eigenvalue weighted by atomic mass is 9.98. The third-order valence-electron chi connectivity index (χ3n) is 7.84. The van der Waals surface area contributed by atoms with E-state index in [0.29, 0.717) is 22.3 Å². The third-order valence-corrected chi connectivity index (χ3v) is 9.62. The van der Waals surface area contributed by atoms with E-state index in [4.69, 9.17) is 9.84 Å². The van der Waals surface area contributed by atoms with Crippen LogP contribution in [-0.4, -0.2) is 50.2 Å². The van der Waals surface area contributed by atoms with Crippen LogP contribution in [0.2, 0.25) is 0 Å². The van der Waals surface area contributed by atoms with Crippen LogP contribution < -0.4 is 10.1 Å². The molecule has 1 aliphatic heterocycles. The summed E-state index contributed by atoms with van der Waals surface area (Å²) in [6, 6.07) is 22.8. The van der Waals surface area contributed by atoms with E-state index < -0.39 is 6.04 Å². The molecule has 1 atom stereocenters. The lowest BCUT2D eigenvalue weighted by Crippen LogP contribution is -2.28. The Morgan fingerprint density at radius 1 is 1.02 bits per heavy atom. The molecule has 1 N–H and O–H groups in total. The van der Waals surface area contributed by atoms with Gasteiger partial charge in [0.2, 0.25) is 0 Å². The Morgan fingerprint density at radius 3 is 2.52 bits per heavy atom. The average Bonchev–Trinajstić information content (AvgIpc) is 3.85. The molecule has 2 aromatic heterocycles. The van der Waals surface area contributed by atoms with E-state index in [2.05, 4.69) is 15.5 Å². The molecule has 3 aromatic carbocycles. The van der Waals surface area contributed by atoms with Gasteiger partial charge in [-0.25, -0.2) is 9.40 Å². The number of rotatable bonds is 10. The van der Waals surface area contributed by atoms with Gasteiger partial charge in [0, 0.05) is 6.42 Å². The van der Waals surface area contributed by atoms with Crippen molar-refractivity contribution < 1.29 is 18.7 Å². The van der Waals surface area contributed by atoms with Gasteiger partial charge < -0.3 is 10.1 Å². The molecule has 234 valence electrons. The quantitative estimate of drug-likeness (QED) is 0.173. The molecule has 5 aromatic rings. The minimum atomic E-state index is -0.397. The van der Waals surface area contributed by atoms with E-state index in [1.807, 2.05) is 72.3 Å². The number of thioether (sulfide) groups is 1. The Morgan fingerprint density at radius 2 is 1.80 bits per heavy atom. The van der Waals surface area contributed by atoms with Gasteiger partial charge in [0.15, 0.2) is 11.0 Å². The molecule has 0 radical (unpaired) electrons. The Labute approximate surface area is 274 Å². The molecule has 0 aliphatic carbocycles. The first kappa shape index (κ1) is 31.2. The summed E-state index contributed by atoms with van der Waals surface area (Å²) in [5, 5.41) is 20.4. The molecule has 2 amide bonds. The first-order valence-electron chi connectivity index (χ1n) is 14.6. The number of hydrogen-bond donors (Lipinski definition) is 1. The van der Waals surface area contributed by atoms with Crippen molar-refractivity contribution in [1.29, 1.82) is 0 Å². The molecule has 0 spiro atoms. The second kappa shape index (κ2) is 13.7. The number of hydrazone groups is 1. The molecule has 9 nitrogen and oxygen atoms in total. The highest BCUT2D eigenvalue weighted by Crippen LogP contribution is 2.35. The predicted octanol–water partition coefficient (Wildman–Crippen LogP) is 6.49. The van der Waals surface area contributed by atoms with Crippen LogP contribution in [0, 0.1) is 19.7 Å². The Bertz CT molecular complexity index is 1890. The number of hydrogen-bond acceptors (Lipinski definition) is 8. The van der Waals surface area contributed by atoms with Crippen molar-refractivity contribution in [3.05, 3.63) is 123 Å². The largest absolute Gasteiger partial charge is 0.497 e. The summed E-state index contributed by atoms with van der Waals surface area (Å²) in [7, 11) is 1.61. The van der Waals surface area contributed by atoms with Crippen LogP contribution >= 0.6 is 23.1 Å². The first-order valence-corrected chi connectivity index (χ1v) is 16.4. The second-order valence-electron chi connectivity index (χ2n) is 10.7. The molecule has 12 heteroatoms. The van der Waals surface area contributed by atoms with E-state index >= 15 is 0 Å². The summed E-state index contributed by atoms with van der Waals surface area (Å²) < 4.78 is 21.0. The Hall–Kier alpha value is -4.81. The van der Waals surface area contributed by atoms with Crippen molar-refractivity contribution in [2.24, 2.45) is 5.10 Å². The Balaban J connectivity index is 1.27. The maximum atomic E-state index is 13.9. The summed E-state index contributed by atoms with van der Waals surface area (Å²) in [5.41, 5.74) is 5.40. The number of ether oxygens (including phenoxy) is 1. The number of methoxy groups -OCH3 is 1. The molecule has 0 bridgehead atoms. The number of aromatic nitrogens is 3. The highest BCUT2D eigenvalue weighted by Gasteiger charge is 2.33. The van der Waals surface area contributed by atoms with Crippen molar-refractivity contribution >= 4 is 40.6 Å². The minimum absolute atomic E-state index is 0.0294. The van der Waals surface area contributed by atoms with Crippen LogP contribution in [0.1, 0.15) is 50.2 Å². The molecule has 0 saturated heterocycles.